The van der Waals surface area contributed by atoms with E-state index < -0.39 is 0 Å². The quantitative estimate of drug-likeness (QED) is 0.893. The van der Waals surface area contributed by atoms with E-state index in [1.807, 2.05) is 14.0 Å². The van der Waals surface area contributed by atoms with Gasteiger partial charge in [-0.05, 0) is 12.8 Å². The highest BCUT2D eigenvalue weighted by atomic mass is 16.5. The van der Waals surface area contributed by atoms with E-state index in [0.29, 0.717) is 18.4 Å². The van der Waals surface area contributed by atoms with Crippen molar-refractivity contribution >= 4 is 5.82 Å². The zero-order valence-electron chi connectivity index (χ0n) is 12.6. The number of anilines is 1. The third kappa shape index (κ3) is 3.59. The Labute approximate surface area is 110 Å². The molecule has 18 heavy (non-hydrogen) atoms. The first-order valence-corrected chi connectivity index (χ1v) is 6.45. The van der Waals surface area contributed by atoms with Gasteiger partial charge in [-0.15, -0.1) is 0 Å². The first-order valence-electron chi connectivity index (χ1n) is 6.45. The lowest BCUT2D eigenvalue weighted by atomic mass is 9.95. The van der Waals surface area contributed by atoms with E-state index in [1.54, 1.807) is 0 Å². The Kier molecular flexibility index (Phi) is 4.54. The van der Waals surface area contributed by atoms with Crippen molar-refractivity contribution in [1.29, 1.82) is 0 Å². The van der Waals surface area contributed by atoms with Crippen molar-refractivity contribution in [2.45, 2.75) is 47.0 Å². The van der Waals surface area contributed by atoms with Crippen LogP contribution in [0, 0.1) is 12.8 Å². The molecule has 1 N–H and O–H groups in total. The smallest absolute Gasteiger partial charge is 0.221 e. The fraction of sp³-hybridized carbons (Fsp3) is 0.714. The Morgan fingerprint density at radius 2 is 1.83 bits per heavy atom. The predicted molar refractivity (Wildman–Crippen MR) is 75.3 cm³/mol. The molecule has 0 bridgehead atoms. The van der Waals surface area contributed by atoms with E-state index in [0.717, 1.165) is 17.2 Å². The van der Waals surface area contributed by atoms with E-state index in [4.69, 9.17) is 4.74 Å². The molecule has 1 rings (SSSR count). The molecule has 1 heterocycles. The molecule has 102 valence electrons. The van der Waals surface area contributed by atoms with Crippen LogP contribution in [0.5, 0.6) is 5.88 Å². The van der Waals surface area contributed by atoms with Crippen LogP contribution in [0.15, 0.2) is 0 Å². The first-order chi connectivity index (χ1) is 8.25. The van der Waals surface area contributed by atoms with Gasteiger partial charge in [0.25, 0.3) is 0 Å². The summed E-state index contributed by atoms with van der Waals surface area (Å²) in [5.41, 5.74) is 0.876. The van der Waals surface area contributed by atoms with Crippen molar-refractivity contribution in [1.82, 2.24) is 9.97 Å². The third-order valence-corrected chi connectivity index (χ3v) is 2.56. The maximum Gasteiger partial charge on any atom is 0.221 e. The number of hydrogen-bond acceptors (Lipinski definition) is 4. The van der Waals surface area contributed by atoms with Crippen LogP contribution in [0.3, 0.4) is 0 Å². The Morgan fingerprint density at radius 3 is 2.28 bits per heavy atom. The summed E-state index contributed by atoms with van der Waals surface area (Å²) in [7, 11) is 1.87. The summed E-state index contributed by atoms with van der Waals surface area (Å²) in [5.74, 6) is 2.81. The lowest BCUT2D eigenvalue weighted by Gasteiger charge is -2.20. The molecule has 0 aliphatic heterocycles. The molecule has 0 saturated carbocycles. The first kappa shape index (κ1) is 14.7. The molecule has 0 spiro atoms. The van der Waals surface area contributed by atoms with Gasteiger partial charge in [-0.1, -0.05) is 34.6 Å². The average Bonchev–Trinajstić information content (AvgIpc) is 2.26. The minimum atomic E-state index is -0.0881. The van der Waals surface area contributed by atoms with Crippen molar-refractivity contribution < 1.29 is 4.74 Å². The Hall–Kier alpha value is -1.32. The predicted octanol–water partition coefficient (Wildman–Crippen LogP) is 3.16. The van der Waals surface area contributed by atoms with Gasteiger partial charge in [0.1, 0.15) is 11.6 Å². The van der Waals surface area contributed by atoms with Gasteiger partial charge in [-0.25, -0.2) is 4.98 Å². The Balaban J connectivity index is 3.15. The lowest BCUT2D eigenvalue weighted by Crippen LogP contribution is -2.19. The number of hydrogen-bond donors (Lipinski definition) is 1. The van der Waals surface area contributed by atoms with E-state index >= 15 is 0 Å². The van der Waals surface area contributed by atoms with Gasteiger partial charge >= 0.3 is 0 Å². The summed E-state index contributed by atoms with van der Waals surface area (Å²) in [6.45, 7) is 13.2. The molecule has 0 saturated heterocycles. The number of nitrogens with zero attached hydrogens (tertiary/aromatic N) is 2. The highest BCUT2D eigenvalue weighted by Gasteiger charge is 2.21. The molecule has 1 aromatic heterocycles. The number of aromatic nitrogens is 2. The fourth-order valence-corrected chi connectivity index (χ4v) is 1.46. The highest BCUT2D eigenvalue weighted by Crippen LogP contribution is 2.27. The van der Waals surface area contributed by atoms with Crippen LogP contribution in [0.2, 0.25) is 0 Å². The SMILES string of the molecule is CNc1nc(C(C)(C)C)nc(OCC(C)C)c1C. The molecule has 0 aliphatic rings. The average molecular weight is 251 g/mol. The van der Waals surface area contributed by atoms with Crippen LogP contribution in [0.4, 0.5) is 5.82 Å². The van der Waals surface area contributed by atoms with Crippen molar-refractivity contribution in [3.8, 4) is 5.88 Å². The second-order valence-electron chi connectivity index (χ2n) is 6.03. The summed E-state index contributed by atoms with van der Waals surface area (Å²) < 4.78 is 5.79. The van der Waals surface area contributed by atoms with Crippen molar-refractivity contribution in [2.75, 3.05) is 19.0 Å². The van der Waals surface area contributed by atoms with Gasteiger partial charge in [0.05, 0.1) is 12.2 Å². The second kappa shape index (κ2) is 5.55. The van der Waals surface area contributed by atoms with Crippen LogP contribution >= 0.6 is 0 Å². The van der Waals surface area contributed by atoms with Gasteiger partial charge < -0.3 is 10.1 Å². The van der Waals surface area contributed by atoms with Gasteiger partial charge in [-0.3, -0.25) is 0 Å². The van der Waals surface area contributed by atoms with Crippen LogP contribution < -0.4 is 10.1 Å². The number of rotatable bonds is 4. The minimum Gasteiger partial charge on any atom is -0.477 e. The number of ether oxygens (including phenoxy) is 1. The molecule has 0 amide bonds. The van der Waals surface area contributed by atoms with Crippen molar-refractivity contribution in [3.05, 3.63) is 11.4 Å². The standard InChI is InChI=1S/C14H25N3O/c1-9(2)8-18-12-10(3)11(15-7)16-13(17-12)14(4,5)6/h9H,8H2,1-7H3,(H,15,16,17). The molecule has 0 aromatic carbocycles. The van der Waals surface area contributed by atoms with Crippen LogP contribution in [0.1, 0.15) is 46.0 Å². The summed E-state index contributed by atoms with van der Waals surface area (Å²) in [5, 5.41) is 3.10. The fourth-order valence-electron chi connectivity index (χ4n) is 1.46. The van der Waals surface area contributed by atoms with Crippen LogP contribution in [0.25, 0.3) is 0 Å². The van der Waals surface area contributed by atoms with Gasteiger partial charge in [0, 0.05) is 12.5 Å². The van der Waals surface area contributed by atoms with Gasteiger partial charge in [-0.2, -0.15) is 4.98 Å². The van der Waals surface area contributed by atoms with Crippen molar-refractivity contribution in [3.63, 3.8) is 0 Å². The van der Waals surface area contributed by atoms with Crippen LogP contribution in [-0.4, -0.2) is 23.6 Å². The number of nitrogens with one attached hydrogen (secondary N) is 1. The molecule has 0 unspecified atom stereocenters. The maximum absolute atomic E-state index is 5.79. The Bertz CT molecular complexity index is 408. The van der Waals surface area contributed by atoms with Crippen LogP contribution in [-0.2, 0) is 5.41 Å². The molecule has 0 aliphatic carbocycles. The minimum absolute atomic E-state index is 0.0881. The highest BCUT2D eigenvalue weighted by molar-refractivity contribution is 5.48. The largest absolute Gasteiger partial charge is 0.477 e. The zero-order valence-corrected chi connectivity index (χ0v) is 12.6. The maximum atomic E-state index is 5.79. The van der Waals surface area contributed by atoms with E-state index in [1.165, 1.54) is 0 Å². The lowest BCUT2D eigenvalue weighted by molar-refractivity contribution is 0.257. The molecule has 4 nitrogen and oxygen atoms in total. The molecular formula is C14H25N3O. The normalized spacial score (nSPS) is 11.8. The molecular weight excluding hydrogens is 226 g/mol. The van der Waals surface area contributed by atoms with E-state index in [2.05, 4.69) is 49.9 Å². The zero-order chi connectivity index (χ0) is 13.9. The van der Waals surface area contributed by atoms with Crippen molar-refractivity contribution in [2.24, 2.45) is 5.92 Å². The van der Waals surface area contributed by atoms with Gasteiger partial charge in [0.15, 0.2) is 0 Å². The van der Waals surface area contributed by atoms with Gasteiger partial charge in [0.2, 0.25) is 5.88 Å². The van der Waals surface area contributed by atoms with E-state index in [-0.39, 0.29) is 5.41 Å². The monoisotopic (exact) mass is 251 g/mol. The Morgan fingerprint density at radius 1 is 1.22 bits per heavy atom. The summed E-state index contributed by atoms with van der Waals surface area (Å²) in [6.07, 6.45) is 0. The third-order valence-electron chi connectivity index (χ3n) is 2.56. The summed E-state index contributed by atoms with van der Waals surface area (Å²) >= 11 is 0. The second-order valence-corrected chi connectivity index (χ2v) is 6.03. The van der Waals surface area contributed by atoms with E-state index in [9.17, 15) is 0 Å². The molecule has 0 fully saturated rings. The molecule has 1 aromatic rings. The molecule has 0 atom stereocenters. The molecule has 4 heteroatoms. The summed E-state index contributed by atoms with van der Waals surface area (Å²) in [4.78, 5) is 9.10. The summed E-state index contributed by atoms with van der Waals surface area (Å²) in [6, 6.07) is 0. The topological polar surface area (TPSA) is 47.0 Å². The molecule has 0 radical (unpaired) electrons.